The molecular formula is C17H15FN2O2S. The number of aromatic nitrogens is 2. The first-order chi connectivity index (χ1) is 11.1. The van der Waals surface area contributed by atoms with E-state index in [2.05, 4.69) is 4.98 Å². The molecule has 3 aromatic rings. The fourth-order valence-electron chi connectivity index (χ4n) is 2.37. The third kappa shape index (κ3) is 3.07. The maximum absolute atomic E-state index is 13.4. The van der Waals surface area contributed by atoms with Crippen molar-refractivity contribution in [2.75, 3.05) is 7.11 Å². The minimum Gasteiger partial charge on any atom is -0.465 e. The monoisotopic (exact) mass is 330 g/mol. The average molecular weight is 330 g/mol. The highest BCUT2D eigenvalue weighted by Crippen LogP contribution is 2.27. The number of hydrogen-bond donors (Lipinski definition) is 0. The maximum atomic E-state index is 13.4. The van der Waals surface area contributed by atoms with E-state index < -0.39 is 11.8 Å². The SMILES string of the molecule is COC(=O)c1cc(F)ccc1CSc1nc2ccccc2n1C. The summed E-state index contributed by atoms with van der Waals surface area (Å²) < 4.78 is 20.1. The Labute approximate surface area is 137 Å². The number of carbonyl (C=O) groups excluding carboxylic acids is 1. The number of hydrogen-bond acceptors (Lipinski definition) is 4. The molecule has 3 rings (SSSR count). The summed E-state index contributed by atoms with van der Waals surface area (Å²) in [5.41, 5.74) is 2.93. The molecule has 1 aromatic heterocycles. The van der Waals surface area contributed by atoms with Crippen molar-refractivity contribution in [3.63, 3.8) is 0 Å². The van der Waals surface area contributed by atoms with E-state index in [-0.39, 0.29) is 5.56 Å². The molecule has 0 atom stereocenters. The molecular weight excluding hydrogens is 315 g/mol. The van der Waals surface area contributed by atoms with E-state index in [4.69, 9.17) is 4.74 Å². The van der Waals surface area contributed by atoms with Gasteiger partial charge in [-0.1, -0.05) is 30.0 Å². The first-order valence-electron chi connectivity index (χ1n) is 7.01. The number of aryl methyl sites for hydroxylation is 1. The Morgan fingerprint density at radius 3 is 2.83 bits per heavy atom. The van der Waals surface area contributed by atoms with Gasteiger partial charge in [0, 0.05) is 12.8 Å². The summed E-state index contributed by atoms with van der Waals surface area (Å²) in [6.07, 6.45) is 0. The number of fused-ring (bicyclic) bond motifs is 1. The fourth-order valence-corrected chi connectivity index (χ4v) is 3.36. The lowest BCUT2D eigenvalue weighted by molar-refractivity contribution is 0.0599. The molecule has 0 N–H and O–H groups in total. The van der Waals surface area contributed by atoms with Gasteiger partial charge in [0.1, 0.15) is 5.82 Å². The van der Waals surface area contributed by atoms with Gasteiger partial charge in [0.15, 0.2) is 5.16 Å². The molecule has 1 heterocycles. The van der Waals surface area contributed by atoms with E-state index in [0.29, 0.717) is 5.75 Å². The van der Waals surface area contributed by atoms with Crippen molar-refractivity contribution >= 4 is 28.8 Å². The van der Waals surface area contributed by atoms with Crippen LogP contribution in [0.15, 0.2) is 47.6 Å². The first-order valence-corrected chi connectivity index (χ1v) is 7.99. The standard InChI is InChI=1S/C17H15FN2O2S/c1-20-15-6-4-3-5-14(15)19-17(20)23-10-11-7-8-12(18)9-13(11)16(21)22-2/h3-9H,10H2,1-2H3. The van der Waals surface area contributed by atoms with Crippen LogP contribution in [0.2, 0.25) is 0 Å². The van der Waals surface area contributed by atoms with E-state index in [9.17, 15) is 9.18 Å². The van der Waals surface area contributed by atoms with Gasteiger partial charge in [-0.15, -0.1) is 0 Å². The number of ether oxygens (including phenoxy) is 1. The Morgan fingerprint density at radius 2 is 2.09 bits per heavy atom. The predicted molar refractivity (Wildman–Crippen MR) is 88.0 cm³/mol. The lowest BCUT2D eigenvalue weighted by Crippen LogP contribution is -2.06. The zero-order valence-electron chi connectivity index (χ0n) is 12.7. The molecule has 0 bridgehead atoms. The van der Waals surface area contributed by atoms with Gasteiger partial charge in [-0.05, 0) is 29.8 Å². The number of carbonyl (C=O) groups is 1. The largest absolute Gasteiger partial charge is 0.465 e. The Balaban J connectivity index is 1.88. The van der Waals surface area contributed by atoms with Crippen LogP contribution >= 0.6 is 11.8 Å². The normalized spacial score (nSPS) is 10.9. The number of thioether (sulfide) groups is 1. The predicted octanol–water partition coefficient (Wildman–Crippen LogP) is 3.79. The number of esters is 1. The molecule has 0 fully saturated rings. The quantitative estimate of drug-likeness (QED) is 0.539. The summed E-state index contributed by atoms with van der Waals surface area (Å²) in [5, 5.41) is 0.839. The molecule has 6 heteroatoms. The van der Waals surface area contributed by atoms with Crippen LogP contribution in [0.4, 0.5) is 4.39 Å². The highest BCUT2D eigenvalue weighted by molar-refractivity contribution is 7.98. The number of nitrogens with zero attached hydrogens (tertiary/aromatic N) is 2. The van der Waals surface area contributed by atoms with Crippen molar-refractivity contribution in [2.45, 2.75) is 10.9 Å². The zero-order chi connectivity index (χ0) is 16.4. The second-order valence-corrected chi connectivity index (χ2v) is 5.97. The first kappa shape index (κ1) is 15.6. The number of halogens is 1. The van der Waals surface area contributed by atoms with Crippen LogP contribution in [0.5, 0.6) is 0 Å². The summed E-state index contributed by atoms with van der Waals surface area (Å²) in [6.45, 7) is 0. The molecule has 0 aliphatic rings. The van der Waals surface area contributed by atoms with Crippen LogP contribution in [0.3, 0.4) is 0 Å². The van der Waals surface area contributed by atoms with E-state index in [1.807, 2.05) is 35.9 Å². The van der Waals surface area contributed by atoms with E-state index in [1.54, 1.807) is 6.07 Å². The summed E-state index contributed by atoms with van der Waals surface area (Å²) in [4.78, 5) is 16.4. The van der Waals surface area contributed by atoms with Gasteiger partial charge in [0.25, 0.3) is 0 Å². The Kier molecular flexibility index (Phi) is 4.34. The molecule has 0 saturated carbocycles. The Bertz CT molecular complexity index is 876. The minimum absolute atomic E-state index is 0.249. The maximum Gasteiger partial charge on any atom is 0.338 e. The van der Waals surface area contributed by atoms with Crippen molar-refractivity contribution in [1.82, 2.24) is 9.55 Å². The number of para-hydroxylation sites is 2. The zero-order valence-corrected chi connectivity index (χ0v) is 13.6. The lowest BCUT2D eigenvalue weighted by atomic mass is 10.1. The van der Waals surface area contributed by atoms with Crippen molar-refractivity contribution < 1.29 is 13.9 Å². The number of rotatable bonds is 4. The molecule has 0 radical (unpaired) electrons. The summed E-state index contributed by atoms with van der Waals surface area (Å²) >= 11 is 1.50. The third-order valence-corrected chi connectivity index (χ3v) is 4.66. The molecule has 0 saturated heterocycles. The molecule has 0 amide bonds. The molecule has 0 spiro atoms. The van der Waals surface area contributed by atoms with Crippen molar-refractivity contribution in [3.8, 4) is 0 Å². The van der Waals surface area contributed by atoms with Crippen LogP contribution in [0, 0.1) is 5.82 Å². The van der Waals surface area contributed by atoms with Crippen molar-refractivity contribution in [3.05, 3.63) is 59.4 Å². The summed E-state index contributed by atoms with van der Waals surface area (Å²) in [5.74, 6) is -0.492. The van der Waals surface area contributed by atoms with Gasteiger partial charge in [-0.25, -0.2) is 14.2 Å². The van der Waals surface area contributed by atoms with Gasteiger partial charge in [0.2, 0.25) is 0 Å². The van der Waals surface area contributed by atoms with Gasteiger partial charge < -0.3 is 9.30 Å². The molecule has 0 aliphatic heterocycles. The van der Waals surface area contributed by atoms with Crippen LogP contribution in [-0.4, -0.2) is 22.6 Å². The smallest absolute Gasteiger partial charge is 0.338 e. The van der Waals surface area contributed by atoms with E-state index >= 15 is 0 Å². The highest BCUT2D eigenvalue weighted by atomic mass is 32.2. The van der Waals surface area contributed by atoms with Crippen LogP contribution < -0.4 is 0 Å². The second kappa shape index (κ2) is 6.42. The van der Waals surface area contributed by atoms with Crippen LogP contribution in [0.25, 0.3) is 11.0 Å². The molecule has 2 aromatic carbocycles. The molecule has 0 aliphatic carbocycles. The number of imidazole rings is 1. The number of methoxy groups -OCH3 is 1. The van der Waals surface area contributed by atoms with E-state index in [0.717, 1.165) is 21.8 Å². The highest BCUT2D eigenvalue weighted by Gasteiger charge is 2.15. The van der Waals surface area contributed by atoms with Crippen molar-refractivity contribution in [1.29, 1.82) is 0 Å². The third-order valence-electron chi connectivity index (χ3n) is 3.58. The summed E-state index contributed by atoms with van der Waals surface area (Å²) in [6, 6.07) is 12.0. The van der Waals surface area contributed by atoms with Crippen LogP contribution in [0.1, 0.15) is 15.9 Å². The Hall–Kier alpha value is -2.34. The Morgan fingerprint density at radius 1 is 1.30 bits per heavy atom. The van der Waals surface area contributed by atoms with E-state index in [1.165, 1.54) is 31.0 Å². The summed E-state index contributed by atoms with van der Waals surface area (Å²) in [7, 11) is 3.24. The second-order valence-electron chi connectivity index (χ2n) is 5.02. The molecule has 23 heavy (non-hydrogen) atoms. The molecule has 118 valence electrons. The van der Waals surface area contributed by atoms with Gasteiger partial charge in [-0.3, -0.25) is 0 Å². The lowest BCUT2D eigenvalue weighted by Gasteiger charge is -2.08. The molecule has 0 unspecified atom stereocenters. The number of benzene rings is 2. The van der Waals surface area contributed by atoms with Gasteiger partial charge in [0.05, 0.1) is 23.7 Å². The van der Waals surface area contributed by atoms with Gasteiger partial charge in [-0.2, -0.15) is 0 Å². The average Bonchev–Trinajstić information content (AvgIpc) is 2.89. The minimum atomic E-state index is -0.537. The topological polar surface area (TPSA) is 44.1 Å². The van der Waals surface area contributed by atoms with Crippen molar-refractivity contribution in [2.24, 2.45) is 7.05 Å². The fraction of sp³-hybridized carbons (Fsp3) is 0.176. The molecule has 4 nitrogen and oxygen atoms in total. The van der Waals surface area contributed by atoms with Crippen LogP contribution in [-0.2, 0) is 17.5 Å². The van der Waals surface area contributed by atoms with Gasteiger partial charge >= 0.3 is 5.97 Å².